The maximum absolute atomic E-state index is 9.41. The molecule has 0 saturated carbocycles. The van der Waals surface area contributed by atoms with Gasteiger partial charge < -0.3 is 19.9 Å². The largest absolute Gasteiger partial charge is 0.388 e. The zero-order chi connectivity index (χ0) is 10.9. The number of ether oxygens (including phenoxy) is 2. The fourth-order valence-corrected chi connectivity index (χ4v) is 1.73. The summed E-state index contributed by atoms with van der Waals surface area (Å²) >= 11 is 0. The van der Waals surface area contributed by atoms with E-state index in [-0.39, 0.29) is 0 Å². The summed E-state index contributed by atoms with van der Waals surface area (Å²) in [6.07, 6.45) is 1.87. The summed E-state index contributed by atoms with van der Waals surface area (Å²) in [7, 11) is 0. The summed E-state index contributed by atoms with van der Waals surface area (Å²) in [4.78, 5) is 0. The molecule has 4 heteroatoms. The van der Waals surface area contributed by atoms with Gasteiger partial charge in [0.1, 0.15) is 6.10 Å². The Labute approximate surface area is 92.0 Å². The summed E-state index contributed by atoms with van der Waals surface area (Å²) in [5, 5.41) is 12.7. The Hall–Kier alpha value is -0.160. The van der Waals surface area contributed by atoms with E-state index in [4.69, 9.17) is 9.47 Å². The molecule has 1 saturated heterocycles. The predicted octanol–water partition coefficient (Wildman–Crippen LogP) is 0.400. The SMILES string of the molecule is CCOCC(O)COCCC1CCNC1. The quantitative estimate of drug-likeness (QED) is 0.578. The van der Waals surface area contributed by atoms with Gasteiger partial charge in [0.15, 0.2) is 0 Å². The van der Waals surface area contributed by atoms with Crippen molar-refractivity contribution in [3.05, 3.63) is 0 Å². The lowest BCUT2D eigenvalue weighted by atomic mass is 10.1. The third-order valence-electron chi connectivity index (χ3n) is 2.66. The molecule has 2 unspecified atom stereocenters. The van der Waals surface area contributed by atoms with Crippen molar-refractivity contribution in [2.24, 2.45) is 5.92 Å². The van der Waals surface area contributed by atoms with Gasteiger partial charge in [-0.3, -0.25) is 0 Å². The molecule has 1 aliphatic rings. The topological polar surface area (TPSA) is 50.7 Å². The highest BCUT2D eigenvalue weighted by atomic mass is 16.5. The van der Waals surface area contributed by atoms with Gasteiger partial charge in [0.25, 0.3) is 0 Å². The van der Waals surface area contributed by atoms with Crippen molar-refractivity contribution < 1.29 is 14.6 Å². The molecule has 2 atom stereocenters. The van der Waals surface area contributed by atoms with Crippen LogP contribution in [0.4, 0.5) is 0 Å². The van der Waals surface area contributed by atoms with Crippen LogP contribution in [0.15, 0.2) is 0 Å². The summed E-state index contributed by atoms with van der Waals surface area (Å²) in [5.74, 6) is 0.758. The van der Waals surface area contributed by atoms with Crippen molar-refractivity contribution in [2.45, 2.75) is 25.9 Å². The summed E-state index contributed by atoms with van der Waals surface area (Å²) in [5.41, 5.74) is 0. The molecule has 0 aromatic heterocycles. The molecule has 15 heavy (non-hydrogen) atoms. The molecule has 1 rings (SSSR count). The Morgan fingerprint density at radius 3 is 2.87 bits per heavy atom. The molecule has 1 heterocycles. The van der Waals surface area contributed by atoms with Crippen molar-refractivity contribution >= 4 is 0 Å². The first-order valence-corrected chi connectivity index (χ1v) is 5.87. The van der Waals surface area contributed by atoms with Crippen LogP contribution < -0.4 is 5.32 Å². The van der Waals surface area contributed by atoms with Gasteiger partial charge in [0.2, 0.25) is 0 Å². The van der Waals surface area contributed by atoms with E-state index in [0.717, 1.165) is 32.0 Å². The Bertz CT molecular complexity index is 149. The van der Waals surface area contributed by atoms with Gasteiger partial charge in [0.05, 0.1) is 13.2 Å². The van der Waals surface area contributed by atoms with E-state index in [0.29, 0.717) is 19.8 Å². The zero-order valence-electron chi connectivity index (χ0n) is 9.58. The molecule has 0 aromatic rings. The monoisotopic (exact) mass is 217 g/mol. The first-order valence-electron chi connectivity index (χ1n) is 5.87. The van der Waals surface area contributed by atoms with Gasteiger partial charge in [-0.05, 0) is 38.8 Å². The average Bonchev–Trinajstić information content (AvgIpc) is 2.74. The second-order valence-corrected chi connectivity index (χ2v) is 4.04. The maximum atomic E-state index is 9.41. The fourth-order valence-electron chi connectivity index (χ4n) is 1.73. The fraction of sp³-hybridized carbons (Fsp3) is 1.00. The van der Waals surface area contributed by atoms with Crippen LogP contribution in [0.1, 0.15) is 19.8 Å². The number of hydrogen-bond donors (Lipinski definition) is 2. The van der Waals surface area contributed by atoms with Crippen molar-refractivity contribution in [3.8, 4) is 0 Å². The Morgan fingerprint density at radius 2 is 2.20 bits per heavy atom. The van der Waals surface area contributed by atoms with E-state index in [1.54, 1.807) is 0 Å². The molecule has 1 fully saturated rings. The van der Waals surface area contributed by atoms with Crippen LogP contribution in [0.2, 0.25) is 0 Å². The van der Waals surface area contributed by atoms with Gasteiger partial charge in [-0.15, -0.1) is 0 Å². The number of aliphatic hydroxyl groups is 1. The van der Waals surface area contributed by atoms with Gasteiger partial charge in [-0.2, -0.15) is 0 Å². The molecule has 0 radical (unpaired) electrons. The van der Waals surface area contributed by atoms with Crippen LogP contribution >= 0.6 is 0 Å². The molecular formula is C11H23NO3. The highest BCUT2D eigenvalue weighted by Crippen LogP contribution is 2.11. The highest BCUT2D eigenvalue weighted by molar-refractivity contribution is 4.70. The van der Waals surface area contributed by atoms with Gasteiger partial charge in [0, 0.05) is 13.2 Å². The van der Waals surface area contributed by atoms with Crippen molar-refractivity contribution in [2.75, 3.05) is 39.5 Å². The molecule has 0 bridgehead atoms. The molecule has 4 nitrogen and oxygen atoms in total. The lowest BCUT2D eigenvalue weighted by molar-refractivity contribution is -0.0181. The summed E-state index contributed by atoms with van der Waals surface area (Å²) in [6, 6.07) is 0. The van der Waals surface area contributed by atoms with E-state index in [1.165, 1.54) is 6.42 Å². The van der Waals surface area contributed by atoms with Crippen LogP contribution in [-0.2, 0) is 9.47 Å². The van der Waals surface area contributed by atoms with Crippen LogP contribution in [0, 0.1) is 5.92 Å². The smallest absolute Gasteiger partial charge is 0.101 e. The van der Waals surface area contributed by atoms with Crippen molar-refractivity contribution in [1.29, 1.82) is 0 Å². The standard InChI is InChI=1S/C11H23NO3/c1-2-14-8-11(13)9-15-6-4-10-3-5-12-7-10/h10-13H,2-9H2,1H3. The van der Waals surface area contributed by atoms with Crippen molar-refractivity contribution in [3.63, 3.8) is 0 Å². The minimum absolute atomic E-state index is 0.376. The van der Waals surface area contributed by atoms with Gasteiger partial charge in [-0.25, -0.2) is 0 Å². The van der Waals surface area contributed by atoms with Crippen LogP contribution in [0.25, 0.3) is 0 Å². The van der Waals surface area contributed by atoms with Crippen molar-refractivity contribution in [1.82, 2.24) is 5.32 Å². The Kier molecular flexibility index (Phi) is 6.92. The summed E-state index contributed by atoms with van der Waals surface area (Å²) in [6.45, 7) is 6.32. The van der Waals surface area contributed by atoms with E-state index < -0.39 is 6.10 Å². The number of hydrogen-bond acceptors (Lipinski definition) is 4. The molecule has 1 aliphatic heterocycles. The summed E-state index contributed by atoms with van der Waals surface area (Å²) < 4.78 is 10.5. The zero-order valence-corrected chi connectivity index (χ0v) is 9.58. The molecule has 0 spiro atoms. The second kappa shape index (κ2) is 8.05. The Balaban J connectivity index is 1.87. The Morgan fingerprint density at radius 1 is 1.40 bits per heavy atom. The minimum Gasteiger partial charge on any atom is -0.388 e. The number of rotatable bonds is 8. The predicted molar refractivity (Wildman–Crippen MR) is 58.9 cm³/mol. The van der Waals surface area contributed by atoms with Gasteiger partial charge >= 0.3 is 0 Å². The van der Waals surface area contributed by atoms with E-state index in [9.17, 15) is 5.11 Å². The average molecular weight is 217 g/mol. The molecule has 0 aliphatic carbocycles. The molecule has 2 N–H and O–H groups in total. The first kappa shape index (κ1) is 12.9. The maximum Gasteiger partial charge on any atom is 0.101 e. The van der Waals surface area contributed by atoms with E-state index >= 15 is 0 Å². The molecule has 90 valence electrons. The van der Waals surface area contributed by atoms with Crippen LogP contribution in [0.5, 0.6) is 0 Å². The van der Waals surface area contributed by atoms with Crippen LogP contribution in [-0.4, -0.2) is 50.7 Å². The first-order chi connectivity index (χ1) is 7.33. The van der Waals surface area contributed by atoms with Gasteiger partial charge in [-0.1, -0.05) is 0 Å². The number of aliphatic hydroxyl groups excluding tert-OH is 1. The van der Waals surface area contributed by atoms with E-state index in [2.05, 4.69) is 5.32 Å². The molecule has 0 aromatic carbocycles. The third-order valence-corrected chi connectivity index (χ3v) is 2.66. The molecular weight excluding hydrogens is 194 g/mol. The van der Waals surface area contributed by atoms with E-state index in [1.807, 2.05) is 6.92 Å². The second-order valence-electron chi connectivity index (χ2n) is 4.04. The number of nitrogens with one attached hydrogen (secondary N) is 1. The van der Waals surface area contributed by atoms with Crippen LogP contribution in [0.3, 0.4) is 0 Å². The lowest BCUT2D eigenvalue weighted by Crippen LogP contribution is -2.22. The molecule has 0 amide bonds. The highest BCUT2D eigenvalue weighted by Gasteiger charge is 2.13. The lowest BCUT2D eigenvalue weighted by Gasteiger charge is -2.12. The third kappa shape index (κ3) is 6.10. The normalized spacial score (nSPS) is 23.2. The minimum atomic E-state index is -0.480.